The van der Waals surface area contributed by atoms with Crippen molar-refractivity contribution < 1.29 is 14.1 Å². The number of aromatic nitrogens is 3. The molecule has 2 aromatic carbocycles. The van der Waals surface area contributed by atoms with Crippen LogP contribution in [0.25, 0.3) is 23.0 Å². The second-order valence-electron chi connectivity index (χ2n) is 6.34. The molecule has 0 saturated heterocycles. The van der Waals surface area contributed by atoms with Crippen molar-refractivity contribution in [1.82, 2.24) is 14.7 Å². The normalized spacial score (nSPS) is 10.8. The maximum absolute atomic E-state index is 12.6. The Kier molecular flexibility index (Phi) is 5.74. The molecule has 7 nitrogen and oxygen atoms in total. The predicted molar refractivity (Wildman–Crippen MR) is 115 cm³/mol. The summed E-state index contributed by atoms with van der Waals surface area (Å²) in [6.07, 6.45) is 1.76. The van der Waals surface area contributed by atoms with Crippen molar-refractivity contribution in [2.75, 3.05) is 12.4 Å². The van der Waals surface area contributed by atoms with E-state index in [1.807, 2.05) is 12.1 Å². The monoisotopic (exact) mass is 442 g/mol. The van der Waals surface area contributed by atoms with Gasteiger partial charge in [0.05, 0.1) is 12.8 Å². The number of nitrogens with zero attached hydrogens (tertiary/aromatic N) is 3. The van der Waals surface area contributed by atoms with Crippen molar-refractivity contribution in [3.8, 4) is 28.7 Å². The highest BCUT2D eigenvalue weighted by Crippen LogP contribution is 2.28. The average Bonchev–Trinajstić information content (AvgIpc) is 3.38. The van der Waals surface area contributed by atoms with Crippen LogP contribution < -0.4 is 10.1 Å². The molecule has 30 heavy (non-hydrogen) atoms. The molecule has 152 valence electrons. The second kappa shape index (κ2) is 8.61. The van der Waals surface area contributed by atoms with Gasteiger partial charge in [0.15, 0.2) is 0 Å². The van der Waals surface area contributed by atoms with Crippen molar-refractivity contribution in [2.24, 2.45) is 0 Å². The topological polar surface area (TPSA) is 82.2 Å². The zero-order chi connectivity index (χ0) is 21.1. The van der Waals surface area contributed by atoms with E-state index in [0.29, 0.717) is 38.9 Å². The number of rotatable bonds is 6. The number of hydrogen-bond donors (Lipinski definition) is 1. The molecule has 1 amide bonds. The number of benzene rings is 2. The molecule has 0 spiro atoms. The first-order chi connectivity index (χ1) is 14.5. The van der Waals surface area contributed by atoms with Crippen LogP contribution in [0.4, 0.5) is 5.69 Å². The van der Waals surface area contributed by atoms with Crippen molar-refractivity contribution in [3.63, 3.8) is 0 Å². The highest BCUT2D eigenvalue weighted by Gasteiger charge is 2.16. The van der Waals surface area contributed by atoms with Crippen molar-refractivity contribution in [3.05, 3.63) is 70.8 Å². The molecule has 0 aliphatic carbocycles. The van der Waals surface area contributed by atoms with Gasteiger partial charge in [-0.3, -0.25) is 4.79 Å². The third-order valence-electron chi connectivity index (χ3n) is 4.33. The summed E-state index contributed by atoms with van der Waals surface area (Å²) < 4.78 is 12.4. The van der Waals surface area contributed by atoms with Gasteiger partial charge in [0, 0.05) is 21.8 Å². The molecule has 0 unspecified atom stereocenters. The van der Waals surface area contributed by atoms with E-state index in [9.17, 15) is 4.79 Å². The van der Waals surface area contributed by atoms with Crippen LogP contribution in [-0.4, -0.2) is 27.7 Å². The maximum Gasteiger partial charge on any atom is 0.274 e. The summed E-state index contributed by atoms with van der Waals surface area (Å²) in [5.41, 5.74) is 1.89. The molecular formula is C21H16Cl2N4O3. The zero-order valence-electron chi connectivity index (χ0n) is 15.8. The third kappa shape index (κ3) is 4.32. The van der Waals surface area contributed by atoms with Crippen molar-refractivity contribution in [2.45, 2.75) is 6.54 Å². The Hall–Kier alpha value is -3.29. The van der Waals surface area contributed by atoms with Crippen LogP contribution in [0.15, 0.2) is 65.3 Å². The first-order valence-corrected chi connectivity index (χ1v) is 9.67. The van der Waals surface area contributed by atoms with Gasteiger partial charge < -0.3 is 19.1 Å². The molecule has 0 saturated carbocycles. The van der Waals surface area contributed by atoms with Crippen LogP contribution in [0.1, 0.15) is 0 Å². The maximum atomic E-state index is 12.6. The van der Waals surface area contributed by atoms with Gasteiger partial charge in [-0.15, -0.1) is 0 Å². The lowest BCUT2D eigenvalue weighted by molar-refractivity contribution is -0.116. The molecule has 9 heteroatoms. The van der Waals surface area contributed by atoms with Crippen LogP contribution in [-0.2, 0) is 11.3 Å². The molecule has 0 atom stereocenters. The first kappa shape index (κ1) is 20.0. The van der Waals surface area contributed by atoms with Crippen LogP contribution in [0, 0.1) is 0 Å². The molecule has 4 aromatic rings. The molecule has 0 aliphatic rings. The van der Waals surface area contributed by atoms with E-state index in [1.54, 1.807) is 53.2 Å². The third-order valence-corrected chi connectivity index (χ3v) is 4.81. The van der Waals surface area contributed by atoms with Gasteiger partial charge in [-0.05, 0) is 54.6 Å². The Balaban J connectivity index is 1.52. The standard InChI is InChI=1S/C21H16Cl2N4O3/c1-29-18-9-8-15(23)11-16(18)24-19(28)12-27-10-2-3-17(27)21-25-20(26-30-21)13-4-6-14(22)7-5-13/h2-11H,12H2,1H3,(H,24,28). The van der Waals surface area contributed by atoms with Gasteiger partial charge in [0.2, 0.25) is 11.7 Å². The average molecular weight is 443 g/mol. The van der Waals surface area contributed by atoms with Crippen LogP contribution in [0.2, 0.25) is 10.0 Å². The molecule has 0 fully saturated rings. The van der Waals surface area contributed by atoms with Gasteiger partial charge >= 0.3 is 0 Å². The largest absolute Gasteiger partial charge is 0.495 e. The van der Waals surface area contributed by atoms with E-state index in [4.69, 9.17) is 32.5 Å². The van der Waals surface area contributed by atoms with E-state index < -0.39 is 0 Å². The van der Waals surface area contributed by atoms with E-state index in [-0.39, 0.29) is 12.5 Å². The first-order valence-electron chi connectivity index (χ1n) is 8.92. The lowest BCUT2D eigenvalue weighted by Crippen LogP contribution is -2.19. The predicted octanol–water partition coefficient (Wildman–Crippen LogP) is 5.16. The van der Waals surface area contributed by atoms with E-state index in [1.165, 1.54) is 7.11 Å². The number of nitrogens with one attached hydrogen (secondary N) is 1. The molecular weight excluding hydrogens is 427 g/mol. The van der Waals surface area contributed by atoms with E-state index in [2.05, 4.69) is 15.5 Å². The number of ether oxygens (including phenoxy) is 1. The summed E-state index contributed by atoms with van der Waals surface area (Å²) >= 11 is 11.9. The number of amides is 1. The summed E-state index contributed by atoms with van der Waals surface area (Å²) in [6, 6.07) is 15.7. The lowest BCUT2D eigenvalue weighted by atomic mass is 10.2. The number of carbonyl (C=O) groups excluding carboxylic acids is 1. The molecule has 2 aromatic heterocycles. The van der Waals surface area contributed by atoms with Gasteiger partial charge in [-0.2, -0.15) is 4.98 Å². The van der Waals surface area contributed by atoms with E-state index in [0.717, 1.165) is 5.56 Å². The minimum atomic E-state index is -0.259. The van der Waals surface area contributed by atoms with Crippen LogP contribution in [0.3, 0.4) is 0 Å². The summed E-state index contributed by atoms with van der Waals surface area (Å²) in [5.74, 6) is 0.996. The molecule has 4 rings (SSSR count). The minimum Gasteiger partial charge on any atom is -0.495 e. The van der Waals surface area contributed by atoms with Crippen molar-refractivity contribution in [1.29, 1.82) is 0 Å². The van der Waals surface area contributed by atoms with Crippen LogP contribution >= 0.6 is 23.2 Å². The smallest absolute Gasteiger partial charge is 0.274 e. The second-order valence-corrected chi connectivity index (χ2v) is 7.22. The lowest BCUT2D eigenvalue weighted by Gasteiger charge is -2.11. The number of methoxy groups -OCH3 is 1. The highest BCUT2D eigenvalue weighted by atomic mass is 35.5. The van der Waals surface area contributed by atoms with Crippen molar-refractivity contribution >= 4 is 34.8 Å². The fourth-order valence-electron chi connectivity index (χ4n) is 2.91. The number of anilines is 1. The van der Waals surface area contributed by atoms with Crippen LogP contribution in [0.5, 0.6) is 5.75 Å². The van der Waals surface area contributed by atoms with Gasteiger partial charge in [0.25, 0.3) is 5.89 Å². The summed E-state index contributed by atoms with van der Waals surface area (Å²) in [4.78, 5) is 17.0. The molecule has 0 radical (unpaired) electrons. The number of carbonyl (C=O) groups is 1. The Morgan fingerprint density at radius 1 is 1.13 bits per heavy atom. The zero-order valence-corrected chi connectivity index (χ0v) is 17.3. The highest BCUT2D eigenvalue weighted by molar-refractivity contribution is 6.31. The molecule has 1 N–H and O–H groups in total. The Morgan fingerprint density at radius 2 is 1.90 bits per heavy atom. The Morgan fingerprint density at radius 3 is 2.67 bits per heavy atom. The fourth-order valence-corrected chi connectivity index (χ4v) is 3.21. The van der Waals surface area contributed by atoms with E-state index >= 15 is 0 Å². The van der Waals surface area contributed by atoms with Gasteiger partial charge in [-0.25, -0.2) is 0 Å². The fraction of sp³-hybridized carbons (Fsp3) is 0.0952. The van der Waals surface area contributed by atoms with Gasteiger partial charge in [-0.1, -0.05) is 28.4 Å². The van der Waals surface area contributed by atoms with Gasteiger partial charge in [0.1, 0.15) is 18.0 Å². The summed E-state index contributed by atoms with van der Waals surface area (Å²) in [7, 11) is 1.52. The SMILES string of the molecule is COc1ccc(Cl)cc1NC(=O)Cn1cccc1-c1nc(-c2ccc(Cl)cc2)no1. The number of hydrogen-bond acceptors (Lipinski definition) is 5. The summed E-state index contributed by atoms with van der Waals surface area (Å²) in [6.45, 7) is 0.0384. The minimum absolute atomic E-state index is 0.0384. The Labute approximate surface area is 182 Å². The molecule has 0 bridgehead atoms. The molecule has 0 aliphatic heterocycles. The number of halogens is 2. The summed E-state index contributed by atoms with van der Waals surface area (Å²) in [5, 5.41) is 7.94. The molecule has 2 heterocycles. The Bertz CT molecular complexity index is 1190. The quantitative estimate of drug-likeness (QED) is 0.445.